The minimum absolute atomic E-state index is 0.193. The van der Waals surface area contributed by atoms with Gasteiger partial charge in [0.2, 0.25) is 0 Å². The summed E-state index contributed by atoms with van der Waals surface area (Å²) in [7, 11) is 0. The topological polar surface area (TPSA) is 38.3 Å². The molecule has 0 unspecified atom stereocenters. The van der Waals surface area contributed by atoms with Crippen LogP contribution < -0.4 is 10.1 Å². The Morgan fingerprint density at radius 1 is 1.17 bits per heavy atom. The van der Waals surface area contributed by atoms with Crippen molar-refractivity contribution in [3.63, 3.8) is 0 Å². The van der Waals surface area contributed by atoms with E-state index in [-0.39, 0.29) is 5.91 Å². The number of carbonyl (C=O) groups excluding carboxylic acids is 1. The highest BCUT2D eigenvalue weighted by molar-refractivity contribution is 6.30. The second-order valence-electron chi connectivity index (χ2n) is 5.64. The van der Waals surface area contributed by atoms with Gasteiger partial charge in [-0.15, -0.1) is 0 Å². The number of hydrogen-bond acceptors (Lipinski definition) is 2. The summed E-state index contributed by atoms with van der Waals surface area (Å²) < 4.78 is 5.61. The average molecular weight is 332 g/mol. The molecule has 4 heteroatoms. The first-order chi connectivity index (χ1) is 11.0. The zero-order valence-corrected chi connectivity index (χ0v) is 14.4. The first kappa shape index (κ1) is 17.4. The molecule has 0 aliphatic carbocycles. The number of amides is 1. The molecule has 2 aromatic rings. The van der Waals surface area contributed by atoms with Crippen LogP contribution in [0.4, 0.5) is 5.69 Å². The van der Waals surface area contributed by atoms with E-state index in [2.05, 4.69) is 19.2 Å². The summed E-state index contributed by atoms with van der Waals surface area (Å²) in [6.45, 7) is 6.06. The largest absolute Gasteiger partial charge is 0.481 e. The Morgan fingerprint density at radius 3 is 2.48 bits per heavy atom. The number of benzene rings is 2. The van der Waals surface area contributed by atoms with Gasteiger partial charge in [-0.05, 0) is 55.2 Å². The molecule has 2 aromatic carbocycles. The van der Waals surface area contributed by atoms with Crippen molar-refractivity contribution in [3.05, 3.63) is 59.1 Å². The molecule has 0 bridgehead atoms. The Labute approximate surface area is 142 Å². The van der Waals surface area contributed by atoms with Crippen molar-refractivity contribution in [2.45, 2.75) is 39.2 Å². The van der Waals surface area contributed by atoms with Gasteiger partial charge >= 0.3 is 0 Å². The Hall–Kier alpha value is -2.00. The molecule has 1 amide bonds. The van der Waals surface area contributed by atoms with E-state index in [1.807, 2.05) is 24.3 Å². The quantitative estimate of drug-likeness (QED) is 0.784. The smallest absolute Gasteiger partial charge is 0.265 e. The van der Waals surface area contributed by atoms with Crippen molar-refractivity contribution in [2.75, 3.05) is 5.32 Å². The number of rotatable bonds is 6. The lowest BCUT2D eigenvalue weighted by Crippen LogP contribution is -2.30. The molecule has 2 atom stereocenters. The van der Waals surface area contributed by atoms with Crippen molar-refractivity contribution in [1.29, 1.82) is 0 Å². The van der Waals surface area contributed by atoms with Crippen molar-refractivity contribution in [3.8, 4) is 5.75 Å². The minimum Gasteiger partial charge on any atom is -0.481 e. The number of nitrogens with one attached hydrogen (secondary N) is 1. The first-order valence-corrected chi connectivity index (χ1v) is 8.20. The van der Waals surface area contributed by atoms with E-state index in [1.54, 1.807) is 31.2 Å². The molecule has 122 valence electrons. The van der Waals surface area contributed by atoms with Crippen LogP contribution >= 0.6 is 11.6 Å². The summed E-state index contributed by atoms with van der Waals surface area (Å²) >= 11 is 5.91. The number of carbonyl (C=O) groups is 1. The third-order valence-electron chi connectivity index (χ3n) is 3.84. The average Bonchev–Trinajstić information content (AvgIpc) is 2.54. The van der Waals surface area contributed by atoms with Crippen LogP contribution in [0.2, 0.25) is 5.02 Å². The van der Waals surface area contributed by atoms with E-state index >= 15 is 0 Å². The van der Waals surface area contributed by atoms with Crippen LogP contribution in [0.5, 0.6) is 5.75 Å². The van der Waals surface area contributed by atoms with Gasteiger partial charge in [0.25, 0.3) is 5.91 Å². The summed E-state index contributed by atoms with van der Waals surface area (Å²) in [5, 5.41) is 3.44. The normalized spacial score (nSPS) is 13.2. The molecule has 3 nitrogen and oxygen atoms in total. The number of anilines is 1. The number of ether oxygens (including phenoxy) is 1. The predicted molar refractivity (Wildman–Crippen MR) is 95.3 cm³/mol. The molecule has 0 radical (unpaired) electrons. The molecular weight excluding hydrogens is 310 g/mol. The maximum atomic E-state index is 12.2. The van der Waals surface area contributed by atoms with Gasteiger partial charge in [-0.3, -0.25) is 4.79 Å². The van der Waals surface area contributed by atoms with Crippen LogP contribution in [0, 0.1) is 0 Å². The minimum atomic E-state index is -0.609. The van der Waals surface area contributed by atoms with Crippen LogP contribution in [0.3, 0.4) is 0 Å². The maximum absolute atomic E-state index is 12.2. The van der Waals surface area contributed by atoms with E-state index in [1.165, 1.54) is 5.56 Å². The molecule has 0 fully saturated rings. The summed E-state index contributed by atoms with van der Waals surface area (Å²) in [4.78, 5) is 12.2. The van der Waals surface area contributed by atoms with Gasteiger partial charge < -0.3 is 10.1 Å². The molecule has 0 heterocycles. The van der Waals surface area contributed by atoms with E-state index in [9.17, 15) is 4.79 Å². The molecule has 1 N–H and O–H groups in total. The third kappa shape index (κ3) is 5.00. The van der Waals surface area contributed by atoms with Crippen molar-refractivity contribution >= 4 is 23.2 Å². The predicted octanol–water partition coefficient (Wildman–Crippen LogP) is 5.26. The molecule has 0 saturated heterocycles. The zero-order valence-electron chi connectivity index (χ0n) is 13.7. The summed E-state index contributed by atoms with van der Waals surface area (Å²) in [6.07, 6.45) is 0.485. The monoisotopic (exact) mass is 331 g/mol. The van der Waals surface area contributed by atoms with Crippen LogP contribution in [-0.4, -0.2) is 12.0 Å². The first-order valence-electron chi connectivity index (χ1n) is 7.82. The number of halogens is 1. The number of hydrogen-bond donors (Lipinski definition) is 1. The maximum Gasteiger partial charge on any atom is 0.265 e. The van der Waals surface area contributed by atoms with E-state index in [0.29, 0.717) is 16.7 Å². The fourth-order valence-electron chi connectivity index (χ4n) is 2.17. The highest BCUT2D eigenvalue weighted by Crippen LogP contribution is 2.21. The summed E-state index contributed by atoms with van der Waals surface area (Å²) in [6, 6.07) is 15.0. The third-order valence-corrected chi connectivity index (χ3v) is 4.07. The Balaban J connectivity index is 1.95. The molecular formula is C19H22ClNO2. The van der Waals surface area contributed by atoms with E-state index < -0.39 is 6.10 Å². The lowest BCUT2D eigenvalue weighted by atomic mass is 9.99. The van der Waals surface area contributed by atoms with Crippen molar-refractivity contribution in [2.24, 2.45) is 0 Å². The Kier molecular flexibility index (Phi) is 6.05. The molecule has 0 spiro atoms. The SMILES string of the molecule is CC[C@@H](C)c1ccc(NC(=O)[C@H](C)Oc2cccc(Cl)c2)cc1. The van der Waals surface area contributed by atoms with Crippen LogP contribution in [0.1, 0.15) is 38.7 Å². The van der Waals surface area contributed by atoms with Crippen LogP contribution in [-0.2, 0) is 4.79 Å². The highest BCUT2D eigenvalue weighted by Gasteiger charge is 2.15. The molecule has 0 saturated carbocycles. The second kappa shape index (κ2) is 8.02. The lowest BCUT2D eigenvalue weighted by Gasteiger charge is -2.15. The fourth-order valence-corrected chi connectivity index (χ4v) is 2.35. The van der Waals surface area contributed by atoms with Crippen molar-refractivity contribution < 1.29 is 9.53 Å². The summed E-state index contributed by atoms with van der Waals surface area (Å²) in [5.74, 6) is 0.901. The van der Waals surface area contributed by atoms with Gasteiger partial charge in [-0.1, -0.05) is 43.6 Å². The fraction of sp³-hybridized carbons (Fsp3) is 0.316. The molecule has 0 aromatic heterocycles. The van der Waals surface area contributed by atoms with E-state index in [0.717, 1.165) is 12.1 Å². The lowest BCUT2D eigenvalue weighted by molar-refractivity contribution is -0.122. The van der Waals surface area contributed by atoms with Gasteiger partial charge in [0.15, 0.2) is 6.10 Å². The zero-order chi connectivity index (χ0) is 16.8. The van der Waals surface area contributed by atoms with Gasteiger partial charge in [0.1, 0.15) is 5.75 Å². The second-order valence-corrected chi connectivity index (χ2v) is 6.07. The molecule has 2 rings (SSSR count). The van der Waals surface area contributed by atoms with Crippen LogP contribution in [0.25, 0.3) is 0 Å². The molecule has 23 heavy (non-hydrogen) atoms. The van der Waals surface area contributed by atoms with Gasteiger partial charge in [-0.25, -0.2) is 0 Å². The Bertz CT molecular complexity index is 655. The summed E-state index contributed by atoms with van der Waals surface area (Å²) in [5.41, 5.74) is 2.04. The Morgan fingerprint density at radius 2 is 1.87 bits per heavy atom. The van der Waals surface area contributed by atoms with Gasteiger partial charge in [0.05, 0.1) is 0 Å². The highest BCUT2D eigenvalue weighted by atomic mass is 35.5. The standard InChI is InChI=1S/C19H22ClNO2/c1-4-13(2)15-8-10-17(11-9-15)21-19(22)14(3)23-18-7-5-6-16(20)12-18/h5-14H,4H2,1-3H3,(H,21,22)/t13-,14+/m1/s1. The van der Waals surface area contributed by atoms with Gasteiger partial charge in [0, 0.05) is 10.7 Å². The van der Waals surface area contributed by atoms with Crippen LogP contribution in [0.15, 0.2) is 48.5 Å². The molecule has 0 aliphatic rings. The van der Waals surface area contributed by atoms with E-state index in [4.69, 9.17) is 16.3 Å². The van der Waals surface area contributed by atoms with Gasteiger partial charge in [-0.2, -0.15) is 0 Å². The van der Waals surface area contributed by atoms with Crippen molar-refractivity contribution in [1.82, 2.24) is 0 Å². The molecule has 0 aliphatic heterocycles.